The molecule has 0 saturated carbocycles. The smallest absolute Gasteiger partial charge is 0.260 e. The molecule has 0 atom stereocenters. The third-order valence-electron chi connectivity index (χ3n) is 3.32. The van der Waals surface area contributed by atoms with Gasteiger partial charge in [0, 0.05) is 26.2 Å². The van der Waals surface area contributed by atoms with Crippen LogP contribution in [0.2, 0.25) is 0 Å². The molecule has 1 aromatic carbocycles. The summed E-state index contributed by atoms with van der Waals surface area (Å²) in [5, 5.41) is 0. The summed E-state index contributed by atoms with van der Waals surface area (Å²) in [5.41, 5.74) is 1.08. The molecule has 0 spiro atoms. The zero-order valence-corrected chi connectivity index (χ0v) is 12.3. The monoisotopic (exact) mass is 276 g/mol. The van der Waals surface area contributed by atoms with Crippen LogP contribution in [-0.2, 0) is 4.79 Å². The molecule has 0 aliphatic carbocycles. The fourth-order valence-electron chi connectivity index (χ4n) is 2.07. The Hall–Kier alpha value is -1.26. The van der Waals surface area contributed by atoms with Crippen molar-refractivity contribution >= 4 is 23.7 Å². The average molecular weight is 276 g/mol. The minimum atomic E-state index is 0.157. The largest absolute Gasteiger partial charge is 0.336 e. The number of hydrogen-bond acceptors (Lipinski definition) is 3. The summed E-state index contributed by atoms with van der Waals surface area (Å²) in [5.74, 6) is 0.157. The molecule has 1 saturated heterocycles. The number of piperazine rings is 1. The summed E-state index contributed by atoms with van der Waals surface area (Å²) in [7, 11) is 2.09. The van der Waals surface area contributed by atoms with Crippen LogP contribution >= 0.6 is 11.8 Å². The van der Waals surface area contributed by atoms with E-state index in [2.05, 4.69) is 11.9 Å². The summed E-state index contributed by atoms with van der Waals surface area (Å²) < 4.78 is 0. The van der Waals surface area contributed by atoms with Crippen LogP contribution in [0.4, 0.5) is 0 Å². The van der Waals surface area contributed by atoms with E-state index in [1.165, 1.54) is 11.8 Å². The van der Waals surface area contributed by atoms with Crippen LogP contribution in [0.15, 0.2) is 35.2 Å². The lowest BCUT2D eigenvalue weighted by Gasteiger charge is -2.32. The molecule has 0 N–H and O–H groups in total. The Kier molecular flexibility index (Phi) is 5.05. The Balaban J connectivity index is 2.09. The first kappa shape index (κ1) is 14.2. The maximum absolute atomic E-state index is 12.5. The molecule has 1 aliphatic heterocycles. The number of likely N-dealkylation sites (N-methyl/N-ethyl adjacent to an activating group) is 1. The summed E-state index contributed by atoms with van der Waals surface area (Å²) in [6.45, 7) is 3.56. The van der Waals surface area contributed by atoms with Crippen molar-refractivity contribution in [1.82, 2.24) is 9.80 Å². The predicted molar refractivity (Wildman–Crippen MR) is 82.0 cm³/mol. The number of rotatable bonds is 3. The lowest BCUT2D eigenvalue weighted by atomic mass is 10.2. The first-order valence-electron chi connectivity index (χ1n) is 6.49. The molecule has 1 aromatic rings. The Bertz CT molecular complexity index is 450. The molecule has 0 radical (unpaired) electrons. The highest BCUT2D eigenvalue weighted by molar-refractivity contribution is 8.03. The second kappa shape index (κ2) is 6.78. The number of benzene rings is 1. The molecule has 1 amide bonds. The quantitative estimate of drug-likeness (QED) is 0.791. The molecule has 0 aromatic heterocycles. The molecule has 2 rings (SSSR count). The van der Waals surface area contributed by atoms with Crippen LogP contribution in [0.1, 0.15) is 5.56 Å². The topological polar surface area (TPSA) is 23.6 Å². The van der Waals surface area contributed by atoms with Crippen molar-refractivity contribution in [2.75, 3.05) is 39.5 Å². The van der Waals surface area contributed by atoms with E-state index in [0.29, 0.717) is 0 Å². The van der Waals surface area contributed by atoms with E-state index in [4.69, 9.17) is 0 Å². The second-order valence-electron chi connectivity index (χ2n) is 4.72. The summed E-state index contributed by atoms with van der Waals surface area (Å²) in [6.07, 6.45) is 3.94. The van der Waals surface area contributed by atoms with Crippen LogP contribution in [0.3, 0.4) is 0 Å². The van der Waals surface area contributed by atoms with Crippen molar-refractivity contribution < 1.29 is 4.79 Å². The number of hydrogen-bond donors (Lipinski definition) is 0. The molecule has 1 fully saturated rings. The number of thioether (sulfide) groups is 1. The Morgan fingerprint density at radius 3 is 2.37 bits per heavy atom. The van der Waals surface area contributed by atoms with Gasteiger partial charge in [-0.25, -0.2) is 0 Å². The van der Waals surface area contributed by atoms with Gasteiger partial charge >= 0.3 is 0 Å². The Labute approximate surface area is 119 Å². The molecule has 1 heterocycles. The van der Waals surface area contributed by atoms with E-state index in [9.17, 15) is 4.79 Å². The van der Waals surface area contributed by atoms with Gasteiger partial charge in [-0.05, 0) is 24.9 Å². The van der Waals surface area contributed by atoms with Gasteiger partial charge in [-0.1, -0.05) is 30.3 Å². The molecule has 0 unspecified atom stereocenters. The molecule has 1 aliphatic rings. The van der Waals surface area contributed by atoms with Crippen LogP contribution in [0.25, 0.3) is 6.08 Å². The molecular formula is C15H20N2OS. The lowest BCUT2D eigenvalue weighted by Crippen LogP contribution is -2.47. The van der Waals surface area contributed by atoms with Crippen molar-refractivity contribution in [1.29, 1.82) is 0 Å². The van der Waals surface area contributed by atoms with Gasteiger partial charge in [0.15, 0.2) is 0 Å². The third kappa shape index (κ3) is 3.85. The van der Waals surface area contributed by atoms with Crippen LogP contribution < -0.4 is 0 Å². The SMILES string of the molecule is CS/C(=C/c1ccccc1)C(=O)N1CCN(C)CC1. The lowest BCUT2D eigenvalue weighted by molar-refractivity contribution is -0.127. The Morgan fingerprint density at radius 2 is 1.79 bits per heavy atom. The van der Waals surface area contributed by atoms with Crippen LogP contribution in [-0.4, -0.2) is 55.2 Å². The third-order valence-corrected chi connectivity index (χ3v) is 4.05. The van der Waals surface area contributed by atoms with Crippen molar-refractivity contribution in [3.8, 4) is 0 Å². The van der Waals surface area contributed by atoms with E-state index in [1.54, 1.807) is 0 Å². The van der Waals surface area contributed by atoms with E-state index in [-0.39, 0.29) is 5.91 Å². The fraction of sp³-hybridized carbons (Fsp3) is 0.400. The minimum Gasteiger partial charge on any atom is -0.336 e. The van der Waals surface area contributed by atoms with Gasteiger partial charge in [0.05, 0.1) is 4.91 Å². The first-order valence-corrected chi connectivity index (χ1v) is 7.72. The van der Waals surface area contributed by atoms with Gasteiger partial charge in [-0.2, -0.15) is 0 Å². The van der Waals surface area contributed by atoms with Gasteiger partial charge in [0.25, 0.3) is 5.91 Å². The second-order valence-corrected chi connectivity index (χ2v) is 5.57. The van der Waals surface area contributed by atoms with Crippen molar-refractivity contribution in [3.05, 3.63) is 40.8 Å². The van der Waals surface area contributed by atoms with Gasteiger partial charge in [0.2, 0.25) is 0 Å². The number of carbonyl (C=O) groups excluding carboxylic acids is 1. The van der Waals surface area contributed by atoms with Crippen molar-refractivity contribution in [2.24, 2.45) is 0 Å². The van der Waals surface area contributed by atoms with Gasteiger partial charge in [-0.3, -0.25) is 4.79 Å². The highest BCUT2D eigenvalue weighted by atomic mass is 32.2. The Morgan fingerprint density at radius 1 is 1.16 bits per heavy atom. The van der Waals surface area contributed by atoms with E-state index in [0.717, 1.165) is 36.6 Å². The van der Waals surface area contributed by atoms with Crippen molar-refractivity contribution in [2.45, 2.75) is 0 Å². The van der Waals surface area contributed by atoms with Crippen LogP contribution in [0.5, 0.6) is 0 Å². The van der Waals surface area contributed by atoms with Crippen LogP contribution in [0, 0.1) is 0 Å². The summed E-state index contributed by atoms with van der Waals surface area (Å²) >= 11 is 1.52. The molecule has 102 valence electrons. The summed E-state index contributed by atoms with van der Waals surface area (Å²) in [4.78, 5) is 17.5. The van der Waals surface area contributed by atoms with Crippen molar-refractivity contribution in [3.63, 3.8) is 0 Å². The molecule has 4 heteroatoms. The molecule has 3 nitrogen and oxygen atoms in total. The fourth-order valence-corrected chi connectivity index (χ4v) is 2.63. The van der Waals surface area contributed by atoms with Gasteiger partial charge < -0.3 is 9.80 Å². The average Bonchev–Trinajstić information content (AvgIpc) is 2.46. The van der Waals surface area contributed by atoms with E-state index < -0.39 is 0 Å². The standard InChI is InChI=1S/C15H20N2OS/c1-16-8-10-17(11-9-16)15(18)14(19-2)12-13-6-4-3-5-7-13/h3-7,12H,8-11H2,1-2H3/b14-12+. The zero-order valence-electron chi connectivity index (χ0n) is 11.5. The predicted octanol–water partition coefficient (Wildman–Crippen LogP) is 2.16. The number of carbonyl (C=O) groups is 1. The van der Waals surface area contributed by atoms with E-state index in [1.807, 2.05) is 47.6 Å². The molecule has 0 bridgehead atoms. The molecular weight excluding hydrogens is 256 g/mol. The number of nitrogens with zero attached hydrogens (tertiary/aromatic N) is 2. The first-order chi connectivity index (χ1) is 9.20. The summed E-state index contributed by atoms with van der Waals surface area (Å²) in [6, 6.07) is 10.0. The van der Waals surface area contributed by atoms with Gasteiger partial charge in [-0.15, -0.1) is 11.8 Å². The maximum Gasteiger partial charge on any atom is 0.260 e. The normalized spacial score (nSPS) is 17.6. The zero-order chi connectivity index (χ0) is 13.7. The minimum absolute atomic E-state index is 0.157. The maximum atomic E-state index is 12.5. The highest BCUT2D eigenvalue weighted by Gasteiger charge is 2.21. The van der Waals surface area contributed by atoms with E-state index >= 15 is 0 Å². The molecule has 19 heavy (non-hydrogen) atoms. The number of amides is 1. The highest BCUT2D eigenvalue weighted by Crippen LogP contribution is 2.20. The van der Waals surface area contributed by atoms with Gasteiger partial charge in [0.1, 0.15) is 0 Å².